The summed E-state index contributed by atoms with van der Waals surface area (Å²) >= 11 is 0. The summed E-state index contributed by atoms with van der Waals surface area (Å²) in [5.41, 5.74) is 0. The van der Waals surface area contributed by atoms with E-state index in [0.29, 0.717) is 19.3 Å². The lowest BCUT2D eigenvalue weighted by molar-refractivity contribution is -0.167. The van der Waals surface area contributed by atoms with Crippen LogP contribution in [0.5, 0.6) is 0 Å². The molecule has 0 bridgehead atoms. The molecule has 0 aromatic heterocycles. The third-order valence-corrected chi connectivity index (χ3v) is 11.2. The highest BCUT2D eigenvalue weighted by molar-refractivity contribution is 5.71. The monoisotopic (exact) mass is 891 g/mol. The molecule has 0 spiro atoms. The van der Waals surface area contributed by atoms with Gasteiger partial charge in [-0.2, -0.15) is 0 Å². The topological polar surface area (TPSA) is 78.9 Å². The van der Waals surface area contributed by atoms with Gasteiger partial charge in [0.25, 0.3) is 0 Å². The molecular weight excluding hydrogens is 793 g/mol. The van der Waals surface area contributed by atoms with E-state index in [0.717, 1.165) is 116 Å². The molecule has 6 heteroatoms. The first-order valence-electron chi connectivity index (χ1n) is 26.7. The van der Waals surface area contributed by atoms with E-state index in [9.17, 15) is 14.4 Å². The van der Waals surface area contributed by atoms with Crippen molar-refractivity contribution in [3.8, 4) is 0 Å². The van der Waals surface area contributed by atoms with Gasteiger partial charge in [-0.15, -0.1) is 0 Å². The maximum Gasteiger partial charge on any atom is 0.306 e. The lowest BCUT2D eigenvalue weighted by atomic mass is 10.1. The van der Waals surface area contributed by atoms with Crippen LogP contribution in [-0.4, -0.2) is 37.2 Å². The number of ether oxygens (including phenoxy) is 3. The Bertz CT molecular complexity index is 1250. The maximum absolute atomic E-state index is 12.8. The van der Waals surface area contributed by atoms with Crippen LogP contribution in [0.1, 0.15) is 245 Å². The average molecular weight is 891 g/mol. The van der Waals surface area contributed by atoms with E-state index < -0.39 is 6.10 Å². The van der Waals surface area contributed by atoms with Crippen molar-refractivity contribution < 1.29 is 28.6 Å². The summed E-state index contributed by atoms with van der Waals surface area (Å²) in [7, 11) is 0. The molecule has 0 aliphatic rings. The standard InChI is InChI=1S/C58H98O6/c1-4-7-10-13-16-19-22-25-27-28-29-31-33-36-39-42-45-48-51-57(60)63-54-55(53-62-56(59)50-47-44-41-38-35-32-24-21-18-15-12-9-6-3)64-58(61)52-49-46-43-40-37-34-30-26-23-20-17-14-11-8-5-2/h9,12,15,17-18,20-21,23-24,26-29,31,55H,4-8,10-11,13-14,16,19,22,25,30,32-54H2,1-3H3/b12-9+,18-15+,20-17+,24-21+,26-23+,28-27+,31-29+. The van der Waals surface area contributed by atoms with Gasteiger partial charge >= 0.3 is 17.9 Å². The first kappa shape index (κ1) is 60.6. The van der Waals surface area contributed by atoms with E-state index in [1.807, 2.05) is 0 Å². The second kappa shape index (κ2) is 52.2. The molecule has 0 radical (unpaired) electrons. The normalized spacial score (nSPS) is 12.7. The van der Waals surface area contributed by atoms with E-state index >= 15 is 0 Å². The minimum atomic E-state index is -0.798. The van der Waals surface area contributed by atoms with Crippen molar-refractivity contribution in [2.75, 3.05) is 13.2 Å². The smallest absolute Gasteiger partial charge is 0.306 e. The Hall–Kier alpha value is -3.41. The molecule has 0 N–H and O–H groups in total. The molecule has 1 atom stereocenters. The van der Waals surface area contributed by atoms with Crippen LogP contribution in [0, 0.1) is 0 Å². The van der Waals surface area contributed by atoms with Gasteiger partial charge in [0.1, 0.15) is 13.2 Å². The Labute approximate surface area is 395 Å². The number of carbonyl (C=O) groups is 3. The number of carbonyl (C=O) groups excluding carboxylic acids is 3. The van der Waals surface area contributed by atoms with Gasteiger partial charge < -0.3 is 14.2 Å². The molecule has 0 aliphatic carbocycles. The van der Waals surface area contributed by atoms with Crippen molar-refractivity contribution in [2.45, 2.75) is 252 Å². The van der Waals surface area contributed by atoms with Gasteiger partial charge in [0.05, 0.1) is 0 Å². The quantitative estimate of drug-likeness (QED) is 0.0262. The lowest BCUT2D eigenvalue weighted by Gasteiger charge is -2.18. The third-order valence-electron chi connectivity index (χ3n) is 11.2. The van der Waals surface area contributed by atoms with E-state index in [4.69, 9.17) is 14.2 Å². The zero-order chi connectivity index (χ0) is 46.5. The van der Waals surface area contributed by atoms with Gasteiger partial charge in [0.15, 0.2) is 6.10 Å². The predicted molar refractivity (Wildman–Crippen MR) is 274 cm³/mol. The second-order valence-electron chi connectivity index (χ2n) is 17.5. The minimum Gasteiger partial charge on any atom is -0.462 e. The molecule has 0 aliphatic heterocycles. The Kier molecular flexibility index (Phi) is 49.4. The highest BCUT2D eigenvalue weighted by Gasteiger charge is 2.19. The third kappa shape index (κ3) is 49.6. The van der Waals surface area contributed by atoms with E-state index in [-0.39, 0.29) is 31.1 Å². The van der Waals surface area contributed by atoms with Crippen LogP contribution in [-0.2, 0) is 28.6 Å². The van der Waals surface area contributed by atoms with Crippen molar-refractivity contribution in [3.63, 3.8) is 0 Å². The summed E-state index contributed by atoms with van der Waals surface area (Å²) in [6.45, 7) is 6.43. The predicted octanol–water partition coefficient (Wildman–Crippen LogP) is 17.6. The highest BCUT2D eigenvalue weighted by Crippen LogP contribution is 2.14. The van der Waals surface area contributed by atoms with Gasteiger partial charge in [0.2, 0.25) is 0 Å². The minimum absolute atomic E-state index is 0.0968. The van der Waals surface area contributed by atoms with Crippen LogP contribution in [0.15, 0.2) is 85.1 Å². The van der Waals surface area contributed by atoms with Crippen LogP contribution in [0.25, 0.3) is 0 Å². The fourth-order valence-corrected chi connectivity index (χ4v) is 7.19. The van der Waals surface area contributed by atoms with Crippen molar-refractivity contribution >= 4 is 17.9 Å². The zero-order valence-electron chi connectivity index (χ0n) is 41.8. The largest absolute Gasteiger partial charge is 0.462 e. The summed E-state index contributed by atoms with van der Waals surface area (Å²) in [6, 6.07) is 0. The molecule has 64 heavy (non-hydrogen) atoms. The van der Waals surface area contributed by atoms with Crippen LogP contribution < -0.4 is 0 Å². The summed E-state index contributed by atoms with van der Waals surface area (Å²) in [5.74, 6) is -0.943. The van der Waals surface area contributed by atoms with Gasteiger partial charge in [-0.25, -0.2) is 0 Å². The van der Waals surface area contributed by atoms with E-state index in [1.165, 1.54) is 89.9 Å². The van der Waals surface area contributed by atoms with Gasteiger partial charge in [-0.3, -0.25) is 14.4 Å². The molecule has 0 rings (SSSR count). The Balaban J connectivity index is 4.45. The Morgan fingerprint density at radius 3 is 0.984 bits per heavy atom. The van der Waals surface area contributed by atoms with Crippen molar-refractivity contribution in [1.82, 2.24) is 0 Å². The van der Waals surface area contributed by atoms with Gasteiger partial charge in [0, 0.05) is 19.3 Å². The molecular formula is C58H98O6. The number of hydrogen-bond acceptors (Lipinski definition) is 6. The zero-order valence-corrected chi connectivity index (χ0v) is 41.8. The van der Waals surface area contributed by atoms with Crippen LogP contribution >= 0.6 is 0 Å². The van der Waals surface area contributed by atoms with Crippen molar-refractivity contribution in [2.24, 2.45) is 0 Å². The Morgan fingerprint density at radius 1 is 0.328 bits per heavy atom. The van der Waals surface area contributed by atoms with Crippen LogP contribution in [0.3, 0.4) is 0 Å². The summed E-state index contributed by atoms with van der Waals surface area (Å²) in [6.07, 6.45) is 67.1. The first-order chi connectivity index (χ1) is 31.5. The molecule has 0 saturated heterocycles. The molecule has 0 fully saturated rings. The molecule has 0 heterocycles. The first-order valence-corrected chi connectivity index (χ1v) is 26.7. The molecule has 6 nitrogen and oxygen atoms in total. The van der Waals surface area contributed by atoms with Crippen molar-refractivity contribution in [1.29, 1.82) is 0 Å². The number of hydrogen-bond donors (Lipinski definition) is 0. The summed E-state index contributed by atoms with van der Waals surface area (Å²) < 4.78 is 16.8. The number of esters is 3. The lowest BCUT2D eigenvalue weighted by Crippen LogP contribution is -2.30. The molecule has 1 unspecified atom stereocenters. The maximum atomic E-state index is 12.8. The van der Waals surface area contributed by atoms with Crippen LogP contribution in [0.4, 0.5) is 0 Å². The van der Waals surface area contributed by atoms with E-state index in [1.54, 1.807) is 0 Å². The molecule has 0 amide bonds. The number of unbranched alkanes of at least 4 members (excludes halogenated alkanes) is 26. The number of rotatable bonds is 47. The van der Waals surface area contributed by atoms with E-state index in [2.05, 4.69) is 106 Å². The molecule has 0 aromatic carbocycles. The SMILES string of the molecule is CC/C=C/C=C/C=C/CCCCCCCC(=O)OCC(COC(=O)CCCCCCC/C=C/C=C/CCCCCCCCC)OC(=O)CCCCCCCC/C=C/C=C/CCCCC. The average Bonchev–Trinajstić information content (AvgIpc) is 3.29. The molecule has 0 aromatic rings. The van der Waals surface area contributed by atoms with Crippen LogP contribution in [0.2, 0.25) is 0 Å². The summed E-state index contributed by atoms with van der Waals surface area (Å²) in [4.78, 5) is 38.0. The fourth-order valence-electron chi connectivity index (χ4n) is 7.19. The number of allylic oxidation sites excluding steroid dienone is 14. The van der Waals surface area contributed by atoms with Crippen molar-refractivity contribution in [3.05, 3.63) is 85.1 Å². The fraction of sp³-hybridized carbons (Fsp3) is 0.707. The van der Waals surface area contributed by atoms with Gasteiger partial charge in [-0.05, 0) is 89.9 Å². The summed E-state index contributed by atoms with van der Waals surface area (Å²) in [5, 5.41) is 0. The second-order valence-corrected chi connectivity index (χ2v) is 17.5. The molecule has 366 valence electrons. The van der Waals surface area contributed by atoms with Gasteiger partial charge in [-0.1, -0.05) is 221 Å². The molecule has 0 saturated carbocycles. The Morgan fingerprint density at radius 2 is 0.609 bits per heavy atom. The highest BCUT2D eigenvalue weighted by atomic mass is 16.6.